The molecule has 2 rings (SSSR count). The molecule has 1 aromatic heterocycles. The molecule has 23 heavy (non-hydrogen) atoms. The third-order valence-electron chi connectivity index (χ3n) is 2.26. The quantitative estimate of drug-likeness (QED) is 0.892. The predicted octanol–water partition coefficient (Wildman–Crippen LogP) is 4.63. The summed E-state index contributed by atoms with van der Waals surface area (Å²) in [6.45, 7) is 9.58. The molecule has 2 N–H and O–H groups in total. The molecular weight excluding hydrogens is 288 g/mol. The highest BCUT2D eigenvalue weighted by atomic mass is 16.5. The number of hydrogen-bond donors (Lipinski definition) is 1. The number of Topliss-reactive ketones (excluding diaryl/α,β-unsaturated/α-hetero) is 1. The van der Waals surface area contributed by atoms with Crippen molar-refractivity contribution in [3.8, 4) is 11.5 Å². The SMILES string of the molecule is CC.CC.CC(=O)Cc1ccc(Oc2ccncc2)cc1.CN. The van der Waals surface area contributed by atoms with Gasteiger partial charge in [-0.25, -0.2) is 0 Å². The maximum Gasteiger partial charge on any atom is 0.134 e. The molecule has 0 saturated heterocycles. The highest BCUT2D eigenvalue weighted by Crippen LogP contribution is 2.20. The first-order valence-corrected chi connectivity index (χ1v) is 7.98. The van der Waals surface area contributed by atoms with E-state index in [1.54, 1.807) is 31.5 Å². The van der Waals surface area contributed by atoms with Crippen molar-refractivity contribution in [1.29, 1.82) is 0 Å². The second-order valence-electron chi connectivity index (χ2n) is 3.81. The number of rotatable bonds is 4. The van der Waals surface area contributed by atoms with Gasteiger partial charge in [0.15, 0.2) is 0 Å². The zero-order valence-electron chi connectivity index (χ0n) is 15.2. The summed E-state index contributed by atoms with van der Waals surface area (Å²) in [5.41, 5.74) is 5.50. The molecule has 0 aliphatic heterocycles. The van der Waals surface area contributed by atoms with E-state index in [9.17, 15) is 4.79 Å². The maximum absolute atomic E-state index is 11.0. The zero-order chi connectivity index (χ0) is 18.1. The molecule has 1 aromatic carbocycles. The van der Waals surface area contributed by atoms with E-state index in [-0.39, 0.29) is 5.78 Å². The Morgan fingerprint density at radius 3 is 1.78 bits per heavy atom. The van der Waals surface area contributed by atoms with Crippen LogP contribution in [-0.2, 0) is 11.2 Å². The van der Waals surface area contributed by atoms with Crippen molar-refractivity contribution in [2.24, 2.45) is 5.73 Å². The minimum Gasteiger partial charge on any atom is -0.457 e. The Kier molecular flexibility index (Phi) is 16.2. The molecule has 0 bridgehead atoms. The van der Waals surface area contributed by atoms with Crippen LogP contribution in [0.2, 0.25) is 0 Å². The van der Waals surface area contributed by atoms with Gasteiger partial charge in [-0.1, -0.05) is 39.8 Å². The van der Waals surface area contributed by atoms with Gasteiger partial charge in [-0.2, -0.15) is 0 Å². The number of carbonyl (C=O) groups excluding carboxylic acids is 1. The van der Waals surface area contributed by atoms with Crippen molar-refractivity contribution < 1.29 is 9.53 Å². The smallest absolute Gasteiger partial charge is 0.134 e. The first-order valence-electron chi connectivity index (χ1n) is 7.98. The van der Waals surface area contributed by atoms with Gasteiger partial charge in [0, 0.05) is 18.8 Å². The average molecular weight is 318 g/mol. The lowest BCUT2D eigenvalue weighted by atomic mass is 10.1. The highest BCUT2D eigenvalue weighted by molar-refractivity contribution is 5.78. The molecule has 2 aromatic rings. The lowest BCUT2D eigenvalue weighted by Gasteiger charge is -2.05. The maximum atomic E-state index is 11.0. The van der Waals surface area contributed by atoms with Crippen LogP contribution in [0.3, 0.4) is 0 Å². The molecule has 0 radical (unpaired) electrons. The molecule has 0 aliphatic rings. The van der Waals surface area contributed by atoms with E-state index < -0.39 is 0 Å². The summed E-state index contributed by atoms with van der Waals surface area (Å²) in [5.74, 6) is 1.66. The Morgan fingerprint density at radius 1 is 0.913 bits per heavy atom. The van der Waals surface area contributed by atoms with Gasteiger partial charge in [-0.3, -0.25) is 9.78 Å². The number of hydrogen-bond acceptors (Lipinski definition) is 4. The summed E-state index contributed by atoms with van der Waals surface area (Å²) in [4.78, 5) is 14.9. The summed E-state index contributed by atoms with van der Waals surface area (Å²) in [7, 11) is 1.50. The van der Waals surface area contributed by atoms with Crippen LogP contribution in [0.15, 0.2) is 48.8 Å². The fraction of sp³-hybridized carbons (Fsp3) is 0.368. The van der Waals surface area contributed by atoms with Crippen LogP contribution in [0.5, 0.6) is 11.5 Å². The summed E-state index contributed by atoms with van der Waals surface area (Å²) < 4.78 is 5.61. The Morgan fingerprint density at radius 2 is 1.35 bits per heavy atom. The molecule has 0 amide bonds. The highest BCUT2D eigenvalue weighted by Gasteiger charge is 1.99. The molecule has 1 heterocycles. The second kappa shape index (κ2) is 16.2. The minimum absolute atomic E-state index is 0.160. The van der Waals surface area contributed by atoms with Crippen LogP contribution < -0.4 is 10.5 Å². The van der Waals surface area contributed by atoms with Gasteiger partial charge in [0.25, 0.3) is 0 Å². The summed E-state index contributed by atoms with van der Waals surface area (Å²) in [5, 5.41) is 0. The number of benzene rings is 1. The van der Waals surface area contributed by atoms with E-state index in [0.717, 1.165) is 17.1 Å². The van der Waals surface area contributed by atoms with Gasteiger partial charge in [-0.05, 0) is 43.8 Å². The van der Waals surface area contributed by atoms with Crippen LogP contribution in [0.1, 0.15) is 40.2 Å². The first-order chi connectivity index (χ1) is 11.2. The molecule has 0 atom stereocenters. The first kappa shape index (κ1) is 23.1. The standard InChI is InChI=1S/C14H13NO2.2C2H6.CH5N/c1-11(16)10-12-2-4-13(5-3-12)17-14-6-8-15-9-7-14;3*1-2/h2-9H,10H2,1H3;2*1-2H3;2H2,1H3. The number of aromatic nitrogens is 1. The van der Waals surface area contributed by atoms with Crippen molar-refractivity contribution in [3.05, 3.63) is 54.4 Å². The van der Waals surface area contributed by atoms with Gasteiger partial charge < -0.3 is 10.5 Å². The van der Waals surface area contributed by atoms with Crippen LogP contribution >= 0.6 is 0 Å². The van der Waals surface area contributed by atoms with Crippen molar-refractivity contribution in [3.63, 3.8) is 0 Å². The topological polar surface area (TPSA) is 65.2 Å². The number of nitrogens with two attached hydrogens (primary N) is 1. The molecule has 0 aliphatic carbocycles. The Labute approximate surface area is 140 Å². The molecular formula is C19H30N2O2. The van der Waals surface area contributed by atoms with Gasteiger partial charge in [0.1, 0.15) is 17.3 Å². The van der Waals surface area contributed by atoms with Gasteiger partial charge in [0.2, 0.25) is 0 Å². The van der Waals surface area contributed by atoms with Crippen LogP contribution in [-0.4, -0.2) is 17.8 Å². The predicted molar refractivity (Wildman–Crippen MR) is 97.9 cm³/mol. The molecule has 128 valence electrons. The lowest BCUT2D eigenvalue weighted by Crippen LogP contribution is -1.95. The van der Waals surface area contributed by atoms with Crippen molar-refractivity contribution in [2.45, 2.75) is 41.0 Å². The molecule has 0 saturated carbocycles. The number of carbonyl (C=O) groups is 1. The van der Waals surface area contributed by atoms with Gasteiger partial charge in [0.05, 0.1) is 0 Å². The normalized spacial score (nSPS) is 8.13. The fourth-order valence-electron chi connectivity index (χ4n) is 1.51. The molecule has 0 fully saturated rings. The van der Waals surface area contributed by atoms with E-state index in [2.05, 4.69) is 10.7 Å². The summed E-state index contributed by atoms with van der Waals surface area (Å²) in [6.07, 6.45) is 3.83. The third-order valence-corrected chi connectivity index (χ3v) is 2.26. The minimum atomic E-state index is 0.160. The Balaban J connectivity index is 0. The fourth-order valence-corrected chi connectivity index (χ4v) is 1.51. The van der Waals surface area contributed by atoms with Gasteiger partial charge >= 0.3 is 0 Å². The van der Waals surface area contributed by atoms with Crippen molar-refractivity contribution >= 4 is 5.78 Å². The molecule has 0 spiro atoms. The van der Waals surface area contributed by atoms with E-state index in [4.69, 9.17) is 4.74 Å². The monoisotopic (exact) mass is 318 g/mol. The van der Waals surface area contributed by atoms with Gasteiger partial charge in [-0.15, -0.1) is 0 Å². The van der Waals surface area contributed by atoms with Crippen molar-refractivity contribution in [2.75, 3.05) is 7.05 Å². The number of ketones is 1. The average Bonchev–Trinajstić information content (AvgIpc) is 2.62. The van der Waals surface area contributed by atoms with E-state index in [0.29, 0.717) is 6.42 Å². The van der Waals surface area contributed by atoms with Crippen LogP contribution in [0.25, 0.3) is 0 Å². The van der Waals surface area contributed by atoms with Crippen molar-refractivity contribution in [1.82, 2.24) is 4.98 Å². The largest absolute Gasteiger partial charge is 0.457 e. The number of ether oxygens (including phenoxy) is 1. The number of nitrogens with zero attached hydrogens (tertiary/aromatic N) is 1. The third kappa shape index (κ3) is 11.1. The Hall–Kier alpha value is -2.20. The lowest BCUT2D eigenvalue weighted by molar-refractivity contribution is -0.116. The Bertz CT molecular complexity index is 497. The molecule has 4 nitrogen and oxygen atoms in total. The van der Waals surface area contributed by atoms with Crippen LogP contribution in [0.4, 0.5) is 0 Å². The number of pyridine rings is 1. The van der Waals surface area contributed by atoms with E-state index in [1.807, 2.05) is 52.0 Å². The summed E-state index contributed by atoms with van der Waals surface area (Å²) in [6, 6.07) is 11.1. The second-order valence-corrected chi connectivity index (χ2v) is 3.81. The van der Waals surface area contributed by atoms with E-state index in [1.165, 1.54) is 7.05 Å². The summed E-state index contributed by atoms with van der Waals surface area (Å²) >= 11 is 0. The molecule has 0 unspecified atom stereocenters. The van der Waals surface area contributed by atoms with Crippen LogP contribution in [0, 0.1) is 0 Å². The van der Waals surface area contributed by atoms with E-state index >= 15 is 0 Å². The molecule has 4 heteroatoms. The zero-order valence-corrected chi connectivity index (χ0v) is 15.2.